The van der Waals surface area contributed by atoms with E-state index in [4.69, 9.17) is 0 Å². The van der Waals surface area contributed by atoms with Crippen LogP contribution in [0.5, 0.6) is 0 Å². The van der Waals surface area contributed by atoms with E-state index in [1.807, 2.05) is 18.2 Å². The molecule has 1 aliphatic heterocycles. The Morgan fingerprint density at radius 1 is 1.09 bits per heavy atom. The molecule has 1 fully saturated rings. The Labute approximate surface area is 143 Å². The number of carbonyl (C=O) groups excluding carboxylic acids is 1. The van der Waals surface area contributed by atoms with Gasteiger partial charge in [-0.15, -0.1) is 0 Å². The largest absolute Gasteiger partial charge is 0.321 e. The topological polar surface area (TPSA) is 66.5 Å². The minimum atomic E-state index is -3.20. The van der Waals surface area contributed by atoms with Gasteiger partial charge in [-0.1, -0.05) is 12.1 Å². The molecule has 0 atom stereocenters. The third kappa shape index (κ3) is 3.40. The number of hydrogen-bond donors (Lipinski definition) is 1. The number of nitrogens with one attached hydrogen (secondary N) is 1. The van der Waals surface area contributed by atoms with Crippen LogP contribution in [0.1, 0.15) is 16.8 Å². The molecule has 0 aromatic heterocycles. The lowest BCUT2D eigenvalue weighted by molar-refractivity contribution is 0.102. The Balaban J connectivity index is 1.77. The first kappa shape index (κ1) is 16.0. The van der Waals surface area contributed by atoms with Crippen molar-refractivity contribution < 1.29 is 13.2 Å². The predicted molar refractivity (Wildman–Crippen MR) is 94.3 cm³/mol. The zero-order valence-electron chi connectivity index (χ0n) is 12.2. The molecule has 0 bridgehead atoms. The Hall–Kier alpha value is -1.86. The van der Waals surface area contributed by atoms with Gasteiger partial charge in [0.05, 0.1) is 17.1 Å². The summed E-state index contributed by atoms with van der Waals surface area (Å²) in [5, 5.41) is 2.81. The standard InChI is InChI=1S/C16H15BrN2O3S/c17-14-4-1-2-5-15(14)18-16(20)12-6-8-13(9-7-12)19-10-3-11-23(19,21)22/h1-2,4-9H,3,10-11H2,(H,18,20). The average molecular weight is 395 g/mol. The summed E-state index contributed by atoms with van der Waals surface area (Å²) in [6.45, 7) is 0.491. The quantitative estimate of drug-likeness (QED) is 0.868. The second-order valence-corrected chi connectivity index (χ2v) is 8.09. The maximum absolute atomic E-state index is 12.3. The molecule has 0 aliphatic carbocycles. The number of hydrogen-bond acceptors (Lipinski definition) is 3. The first-order valence-corrected chi connectivity index (χ1v) is 9.54. The molecule has 3 rings (SSSR count). The summed E-state index contributed by atoms with van der Waals surface area (Å²) in [4.78, 5) is 12.3. The van der Waals surface area contributed by atoms with Gasteiger partial charge in [-0.05, 0) is 58.7 Å². The third-order valence-electron chi connectivity index (χ3n) is 3.64. The molecule has 1 N–H and O–H groups in total. The second kappa shape index (κ2) is 6.33. The summed E-state index contributed by atoms with van der Waals surface area (Å²) in [5.74, 6) is -0.0650. The molecule has 1 saturated heterocycles. The van der Waals surface area contributed by atoms with Crippen LogP contribution >= 0.6 is 15.9 Å². The van der Waals surface area contributed by atoms with E-state index in [0.29, 0.717) is 29.9 Å². The maximum Gasteiger partial charge on any atom is 0.255 e. The minimum absolute atomic E-state index is 0.178. The number of sulfonamides is 1. The van der Waals surface area contributed by atoms with E-state index in [1.54, 1.807) is 30.3 Å². The number of amides is 1. The molecule has 0 saturated carbocycles. The highest BCUT2D eigenvalue weighted by Crippen LogP contribution is 2.25. The molecule has 7 heteroatoms. The van der Waals surface area contributed by atoms with Crippen LogP contribution in [0.3, 0.4) is 0 Å². The SMILES string of the molecule is O=C(Nc1ccccc1Br)c1ccc(N2CCCS2(=O)=O)cc1. The van der Waals surface area contributed by atoms with Gasteiger partial charge >= 0.3 is 0 Å². The smallest absolute Gasteiger partial charge is 0.255 e. The summed E-state index contributed by atoms with van der Waals surface area (Å²) in [7, 11) is -3.20. The number of para-hydroxylation sites is 1. The lowest BCUT2D eigenvalue weighted by Crippen LogP contribution is -2.25. The molecule has 0 unspecified atom stereocenters. The molecule has 1 aliphatic rings. The van der Waals surface area contributed by atoms with Crippen LogP contribution in [-0.2, 0) is 10.0 Å². The van der Waals surface area contributed by atoms with Crippen molar-refractivity contribution in [3.05, 3.63) is 58.6 Å². The number of halogens is 1. The lowest BCUT2D eigenvalue weighted by atomic mass is 10.2. The van der Waals surface area contributed by atoms with Gasteiger partial charge in [0.15, 0.2) is 0 Å². The van der Waals surface area contributed by atoms with E-state index in [9.17, 15) is 13.2 Å². The molecule has 1 heterocycles. The summed E-state index contributed by atoms with van der Waals surface area (Å²) >= 11 is 3.38. The van der Waals surface area contributed by atoms with Crippen LogP contribution in [0.4, 0.5) is 11.4 Å². The number of benzene rings is 2. The molecule has 120 valence electrons. The summed E-state index contributed by atoms with van der Waals surface area (Å²) in [5.41, 5.74) is 1.75. The average Bonchev–Trinajstić information content (AvgIpc) is 2.89. The van der Waals surface area contributed by atoms with Gasteiger partial charge < -0.3 is 5.32 Å². The molecule has 2 aromatic rings. The molecule has 2 aromatic carbocycles. The first-order chi connectivity index (χ1) is 11.0. The van der Waals surface area contributed by atoms with E-state index in [2.05, 4.69) is 21.2 Å². The van der Waals surface area contributed by atoms with Gasteiger partial charge in [0.25, 0.3) is 5.91 Å². The minimum Gasteiger partial charge on any atom is -0.321 e. The summed E-state index contributed by atoms with van der Waals surface area (Å²) in [6, 6.07) is 13.9. The van der Waals surface area contributed by atoms with Gasteiger partial charge in [0, 0.05) is 16.6 Å². The van der Waals surface area contributed by atoms with Crippen LogP contribution in [0.2, 0.25) is 0 Å². The van der Waals surface area contributed by atoms with E-state index in [0.717, 1.165) is 4.47 Å². The van der Waals surface area contributed by atoms with E-state index in [1.165, 1.54) is 4.31 Å². The third-order valence-corrected chi connectivity index (χ3v) is 6.20. The van der Waals surface area contributed by atoms with Gasteiger partial charge in [-0.3, -0.25) is 9.10 Å². The zero-order valence-corrected chi connectivity index (χ0v) is 14.6. The Morgan fingerprint density at radius 3 is 2.39 bits per heavy atom. The zero-order chi connectivity index (χ0) is 16.4. The first-order valence-electron chi connectivity index (χ1n) is 7.14. The van der Waals surface area contributed by atoms with Crippen LogP contribution in [0, 0.1) is 0 Å². The second-order valence-electron chi connectivity index (χ2n) is 5.22. The van der Waals surface area contributed by atoms with Crippen LogP contribution < -0.4 is 9.62 Å². The van der Waals surface area contributed by atoms with Crippen molar-refractivity contribution in [3.63, 3.8) is 0 Å². The van der Waals surface area contributed by atoms with Gasteiger partial charge in [-0.25, -0.2) is 8.42 Å². The van der Waals surface area contributed by atoms with Gasteiger partial charge in [0.2, 0.25) is 10.0 Å². The number of nitrogens with zero attached hydrogens (tertiary/aromatic N) is 1. The van der Waals surface area contributed by atoms with E-state index < -0.39 is 10.0 Å². The molecule has 1 amide bonds. The predicted octanol–water partition coefficient (Wildman–Crippen LogP) is 3.24. The molecule has 0 radical (unpaired) electrons. The molecular formula is C16H15BrN2O3S. The van der Waals surface area contributed by atoms with Crippen molar-refractivity contribution in [3.8, 4) is 0 Å². The molecular weight excluding hydrogens is 380 g/mol. The fraction of sp³-hybridized carbons (Fsp3) is 0.188. The van der Waals surface area contributed by atoms with Crippen LogP contribution in [-0.4, -0.2) is 26.6 Å². The molecule has 23 heavy (non-hydrogen) atoms. The van der Waals surface area contributed by atoms with E-state index in [-0.39, 0.29) is 11.7 Å². The fourth-order valence-corrected chi connectivity index (χ4v) is 4.41. The van der Waals surface area contributed by atoms with Crippen LogP contribution in [0.25, 0.3) is 0 Å². The number of anilines is 2. The fourth-order valence-electron chi connectivity index (χ4n) is 2.47. The van der Waals surface area contributed by atoms with Crippen LogP contribution in [0.15, 0.2) is 53.0 Å². The van der Waals surface area contributed by atoms with Crippen molar-refractivity contribution in [2.24, 2.45) is 0 Å². The molecule has 0 spiro atoms. The Kier molecular flexibility index (Phi) is 4.41. The monoisotopic (exact) mass is 394 g/mol. The Morgan fingerprint density at radius 2 is 1.78 bits per heavy atom. The highest BCUT2D eigenvalue weighted by atomic mass is 79.9. The van der Waals surface area contributed by atoms with E-state index >= 15 is 0 Å². The normalized spacial score (nSPS) is 16.3. The van der Waals surface area contributed by atoms with Crippen molar-refractivity contribution in [1.29, 1.82) is 0 Å². The molecule has 5 nitrogen and oxygen atoms in total. The van der Waals surface area contributed by atoms with Crippen molar-refractivity contribution in [1.82, 2.24) is 0 Å². The lowest BCUT2D eigenvalue weighted by Gasteiger charge is -2.17. The highest BCUT2D eigenvalue weighted by Gasteiger charge is 2.28. The maximum atomic E-state index is 12.3. The van der Waals surface area contributed by atoms with Crippen molar-refractivity contribution in [2.75, 3.05) is 21.9 Å². The summed E-state index contributed by atoms with van der Waals surface area (Å²) < 4.78 is 26.0. The number of rotatable bonds is 3. The van der Waals surface area contributed by atoms with Gasteiger partial charge in [-0.2, -0.15) is 0 Å². The summed E-state index contributed by atoms with van der Waals surface area (Å²) in [6.07, 6.45) is 0.632. The van der Waals surface area contributed by atoms with Crippen molar-refractivity contribution in [2.45, 2.75) is 6.42 Å². The Bertz CT molecular complexity index is 835. The highest BCUT2D eigenvalue weighted by molar-refractivity contribution is 9.10. The van der Waals surface area contributed by atoms with Gasteiger partial charge in [0.1, 0.15) is 0 Å². The van der Waals surface area contributed by atoms with Crippen molar-refractivity contribution >= 4 is 43.2 Å². The number of carbonyl (C=O) groups is 1.